The first-order valence-electron chi connectivity index (χ1n) is 3.10. The van der Waals surface area contributed by atoms with Crippen molar-refractivity contribution in [3.8, 4) is 0 Å². The molecule has 0 atom stereocenters. The smallest absolute Gasteiger partial charge is 0.352 e. The molecule has 0 fully saturated rings. The molecule has 0 saturated heterocycles. The van der Waals surface area contributed by atoms with Crippen LogP contribution in [0.15, 0.2) is 17.3 Å². The molecule has 0 unspecified atom stereocenters. The molecule has 1 aromatic heterocycles. The lowest BCUT2D eigenvalue weighted by atomic mass is 10.4. The molecule has 2 rings (SSSR count). The maximum absolute atomic E-state index is 10.4. The number of nitrogens with zero attached hydrogens (tertiary/aromatic N) is 3. The molecule has 1 aliphatic rings. The topological polar surface area (TPSA) is 67.5 Å². The van der Waals surface area contributed by atoms with Crippen LogP contribution in [-0.4, -0.2) is 26.6 Å². The van der Waals surface area contributed by atoms with E-state index >= 15 is 0 Å². The molecule has 0 amide bonds. The van der Waals surface area contributed by atoms with E-state index < -0.39 is 5.97 Å². The van der Waals surface area contributed by atoms with E-state index in [1.165, 1.54) is 0 Å². The van der Waals surface area contributed by atoms with Gasteiger partial charge >= 0.3 is 5.97 Å². The summed E-state index contributed by atoms with van der Waals surface area (Å²) in [6.07, 6.45) is 1.59. The summed E-state index contributed by atoms with van der Waals surface area (Å²) in [7, 11) is 0. The second-order valence-corrected chi connectivity index (χ2v) is 2.21. The molecule has 0 saturated carbocycles. The van der Waals surface area contributed by atoms with Gasteiger partial charge in [0.05, 0.1) is 12.7 Å². The maximum Gasteiger partial charge on any atom is 0.352 e. The summed E-state index contributed by atoms with van der Waals surface area (Å²) in [5, 5.41) is 12.4. The van der Waals surface area contributed by atoms with Gasteiger partial charge in [-0.15, -0.1) is 0 Å². The Morgan fingerprint density at radius 1 is 1.73 bits per heavy atom. The second-order valence-electron chi connectivity index (χ2n) is 2.21. The fraction of sp³-hybridized carbons (Fsp3) is 0.167. The van der Waals surface area contributed by atoms with Crippen molar-refractivity contribution in [2.75, 3.05) is 0 Å². The third kappa shape index (κ3) is 0.813. The number of carboxylic acid groups (broad SMARTS) is 1. The number of hydrogen-bond donors (Lipinski definition) is 1. The van der Waals surface area contributed by atoms with Crippen molar-refractivity contribution in [2.45, 2.75) is 6.54 Å². The van der Waals surface area contributed by atoms with Crippen molar-refractivity contribution in [1.82, 2.24) is 9.78 Å². The molecule has 1 aromatic rings. The zero-order chi connectivity index (χ0) is 7.84. The number of aliphatic imine (C=N–C) groups is 1. The van der Waals surface area contributed by atoms with Crippen molar-refractivity contribution >= 4 is 17.5 Å². The molecule has 1 N–H and O–H groups in total. The van der Waals surface area contributed by atoms with E-state index in [2.05, 4.69) is 10.1 Å². The first-order chi connectivity index (χ1) is 5.27. The van der Waals surface area contributed by atoms with Crippen molar-refractivity contribution in [3.63, 3.8) is 0 Å². The minimum Gasteiger partial charge on any atom is -0.477 e. The van der Waals surface area contributed by atoms with Gasteiger partial charge in [0.1, 0.15) is 5.71 Å². The molecule has 0 bridgehead atoms. The standard InChI is InChI=1S/C6H5N3O2/c10-6(11)4-3-9-5(8-4)1-2-7-9/h1-2H,3H2,(H,10,11). The highest BCUT2D eigenvalue weighted by Crippen LogP contribution is 2.17. The molecule has 56 valence electrons. The van der Waals surface area contributed by atoms with Crippen LogP contribution >= 0.6 is 0 Å². The molecule has 2 heterocycles. The number of rotatable bonds is 1. The zero-order valence-electron chi connectivity index (χ0n) is 5.56. The maximum atomic E-state index is 10.4. The minimum atomic E-state index is -0.976. The summed E-state index contributed by atoms with van der Waals surface area (Å²) in [6, 6.07) is 1.68. The average molecular weight is 151 g/mol. The van der Waals surface area contributed by atoms with Crippen LogP contribution in [-0.2, 0) is 11.3 Å². The molecule has 0 spiro atoms. The van der Waals surface area contributed by atoms with E-state index in [4.69, 9.17) is 5.11 Å². The predicted molar refractivity (Wildman–Crippen MR) is 37.0 cm³/mol. The monoisotopic (exact) mass is 151 g/mol. The lowest BCUT2D eigenvalue weighted by Crippen LogP contribution is -2.15. The Balaban J connectivity index is 2.38. The molecule has 11 heavy (non-hydrogen) atoms. The molecule has 5 heteroatoms. The number of hydrogen-bond acceptors (Lipinski definition) is 3. The SMILES string of the molecule is O=C(O)C1=Nc2ccnn2C1. The quantitative estimate of drug-likeness (QED) is 0.616. The van der Waals surface area contributed by atoms with Gasteiger partial charge in [0, 0.05) is 6.07 Å². The van der Waals surface area contributed by atoms with Gasteiger partial charge in [0.2, 0.25) is 0 Å². The highest BCUT2D eigenvalue weighted by Gasteiger charge is 2.19. The van der Waals surface area contributed by atoms with Crippen LogP contribution < -0.4 is 0 Å². The van der Waals surface area contributed by atoms with Gasteiger partial charge < -0.3 is 5.11 Å². The minimum absolute atomic E-state index is 0.146. The van der Waals surface area contributed by atoms with Gasteiger partial charge in [0.25, 0.3) is 0 Å². The van der Waals surface area contributed by atoms with Crippen LogP contribution in [0.25, 0.3) is 0 Å². The summed E-state index contributed by atoms with van der Waals surface area (Å²) in [5.41, 5.74) is 0.146. The molecular formula is C6H5N3O2. The number of carboxylic acids is 1. The van der Waals surface area contributed by atoms with E-state index in [1.807, 2.05) is 0 Å². The van der Waals surface area contributed by atoms with Crippen LogP contribution in [0.2, 0.25) is 0 Å². The van der Waals surface area contributed by atoms with E-state index in [1.54, 1.807) is 16.9 Å². The Hall–Kier alpha value is -1.65. The lowest BCUT2D eigenvalue weighted by Gasteiger charge is -1.90. The molecular weight excluding hydrogens is 146 g/mol. The first kappa shape index (κ1) is 6.09. The molecule has 5 nitrogen and oxygen atoms in total. The Kier molecular flexibility index (Phi) is 1.06. The molecule has 0 radical (unpaired) electrons. The molecule has 0 aromatic carbocycles. The second kappa shape index (κ2) is 1.91. The van der Waals surface area contributed by atoms with Gasteiger partial charge in [-0.1, -0.05) is 0 Å². The van der Waals surface area contributed by atoms with Gasteiger partial charge in [-0.2, -0.15) is 5.10 Å². The van der Waals surface area contributed by atoms with Crippen molar-refractivity contribution < 1.29 is 9.90 Å². The number of aliphatic carboxylic acids is 1. The molecule has 0 aliphatic carbocycles. The van der Waals surface area contributed by atoms with Gasteiger partial charge in [-0.3, -0.25) is 0 Å². The molecule has 1 aliphatic heterocycles. The third-order valence-electron chi connectivity index (χ3n) is 1.49. The fourth-order valence-corrected chi connectivity index (χ4v) is 0.973. The van der Waals surface area contributed by atoms with Crippen molar-refractivity contribution in [2.24, 2.45) is 4.99 Å². The van der Waals surface area contributed by atoms with Crippen molar-refractivity contribution in [3.05, 3.63) is 12.3 Å². The van der Waals surface area contributed by atoms with Crippen LogP contribution in [0.1, 0.15) is 0 Å². The Morgan fingerprint density at radius 3 is 3.18 bits per heavy atom. The Morgan fingerprint density at radius 2 is 2.55 bits per heavy atom. The van der Waals surface area contributed by atoms with Gasteiger partial charge in [-0.05, 0) is 0 Å². The summed E-state index contributed by atoms with van der Waals surface area (Å²) < 4.78 is 1.55. The van der Waals surface area contributed by atoms with Crippen LogP contribution in [0, 0.1) is 0 Å². The predicted octanol–water partition coefficient (Wildman–Crippen LogP) is 0.0538. The van der Waals surface area contributed by atoms with Crippen LogP contribution in [0.4, 0.5) is 5.82 Å². The van der Waals surface area contributed by atoms with Crippen molar-refractivity contribution in [1.29, 1.82) is 0 Å². The normalized spacial score (nSPS) is 14.4. The first-order valence-corrected chi connectivity index (χ1v) is 3.10. The summed E-state index contributed by atoms with van der Waals surface area (Å²) in [6.45, 7) is 0.275. The van der Waals surface area contributed by atoms with Crippen LogP contribution in [0.3, 0.4) is 0 Å². The zero-order valence-corrected chi connectivity index (χ0v) is 5.56. The largest absolute Gasteiger partial charge is 0.477 e. The Labute approximate surface area is 62.0 Å². The van der Waals surface area contributed by atoms with Gasteiger partial charge in [0.15, 0.2) is 5.82 Å². The van der Waals surface area contributed by atoms with E-state index in [0.717, 1.165) is 0 Å². The average Bonchev–Trinajstić information content (AvgIpc) is 2.40. The van der Waals surface area contributed by atoms with E-state index in [-0.39, 0.29) is 12.3 Å². The van der Waals surface area contributed by atoms with E-state index in [0.29, 0.717) is 5.82 Å². The number of aromatic nitrogens is 2. The Bertz CT molecular complexity index is 339. The third-order valence-corrected chi connectivity index (χ3v) is 1.49. The van der Waals surface area contributed by atoms with E-state index in [9.17, 15) is 4.79 Å². The number of carbonyl (C=O) groups is 1. The van der Waals surface area contributed by atoms with Crippen LogP contribution in [0.5, 0.6) is 0 Å². The summed E-state index contributed by atoms with van der Waals surface area (Å²) in [5.74, 6) is -0.363. The highest BCUT2D eigenvalue weighted by atomic mass is 16.4. The number of fused-ring (bicyclic) bond motifs is 1. The highest BCUT2D eigenvalue weighted by molar-refractivity contribution is 6.36. The summed E-state index contributed by atoms with van der Waals surface area (Å²) >= 11 is 0. The summed E-state index contributed by atoms with van der Waals surface area (Å²) in [4.78, 5) is 14.2. The fourth-order valence-electron chi connectivity index (χ4n) is 0.973. The lowest BCUT2D eigenvalue weighted by molar-refractivity contribution is -0.129. The van der Waals surface area contributed by atoms with Gasteiger partial charge in [-0.25, -0.2) is 14.5 Å².